The molecule has 5 nitrogen and oxygen atoms in total. The molecule has 5 heteroatoms. The van der Waals surface area contributed by atoms with Crippen molar-refractivity contribution in [3.63, 3.8) is 0 Å². The second-order valence-electron chi connectivity index (χ2n) is 5.09. The summed E-state index contributed by atoms with van der Waals surface area (Å²) in [5.74, 6) is 0.860. The number of H-pyrrole nitrogens is 1. The molecule has 94 valence electrons. The molecule has 18 heavy (non-hydrogen) atoms. The number of nitrogens with one attached hydrogen (secondary N) is 1. The van der Waals surface area contributed by atoms with Crippen LogP contribution in [0.1, 0.15) is 44.3 Å². The predicted molar refractivity (Wildman–Crippen MR) is 68.4 cm³/mol. The Kier molecular flexibility index (Phi) is 2.54. The van der Waals surface area contributed by atoms with Crippen molar-refractivity contribution in [1.82, 2.24) is 19.5 Å². The first kappa shape index (κ1) is 11.2. The molecule has 0 aromatic carbocycles. The van der Waals surface area contributed by atoms with Crippen LogP contribution in [0.5, 0.6) is 0 Å². The van der Waals surface area contributed by atoms with Crippen LogP contribution in [0.2, 0.25) is 0 Å². The standard InChI is InChI=1S/C13H16N4O/c1-8(2)10-5-12(18)16-13(15-10)11-6-14-7-17(11)9-3-4-9/h5-9H,3-4H2,1-2H3,(H,15,16,18). The zero-order chi connectivity index (χ0) is 12.7. The summed E-state index contributed by atoms with van der Waals surface area (Å²) < 4.78 is 2.10. The van der Waals surface area contributed by atoms with E-state index in [1.165, 1.54) is 12.8 Å². The van der Waals surface area contributed by atoms with Gasteiger partial charge >= 0.3 is 0 Å². The van der Waals surface area contributed by atoms with Crippen LogP contribution < -0.4 is 5.56 Å². The number of aromatic nitrogens is 4. The van der Waals surface area contributed by atoms with Crippen LogP contribution >= 0.6 is 0 Å². The molecule has 0 radical (unpaired) electrons. The summed E-state index contributed by atoms with van der Waals surface area (Å²) >= 11 is 0. The van der Waals surface area contributed by atoms with Crippen LogP contribution in [0.15, 0.2) is 23.4 Å². The van der Waals surface area contributed by atoms with E-state index in [2.05, 4.69) is 19.5 Å². The fourth-order valence-corrected chi connectivity index (χ4v) is 2.03. The molecule has 0 spiro atoms. The molecule has 2 aromatic heterocycles. The molecule has 2 heterocycles. The molecular formula is C13H16N4O. The van der Waals surface area contributed by atoms with E-state index in [-0.39, 0.29) is 11.5 Å². The molecule has 1 saturated carbocycles. The maximum atomic E-state index is 11.7. The maximum Gasteiger partial charge on any atom is 0.251 e. The summed E-state index contributed by atoms with van der Waals surface area (Å²) in [5, 5.41) is 0. The van der Waals surface area contributed by atoms with E-state index < -0.39 is 0 Å². The molecule has 0 atom stereocenters. The maximum absolute atomic E-state index is 11.7. The van der Waals surface area contributed by atoms with E-state index in [4.69, 9.17) is 0 Å². The molecule has 1 N–H and O–H groups in total. The van der Waals surface area contributed by atoms with E-state index in [9.17, 15) is 4.79 Å². The zero-order valence-corrected chi connectivity index (χ0v) is 10.6. The largest absolute Gasteiger partial charge is 0.325 e. The number of hydrogen-bond donors (Lipinski definition) is 1. The smallest absolute Gasteiger partial charge is 0.251 e. The third-order valence-corrected chi connectivity index (χ3v) is 3.20. The third-order valence-electron chi connectivity index (χ3n) is 3.20. The molecular weight excluding hydrogens is 228 g/mol. The summed E-state index contributed by atoms with van der Waals surface area (Å²) in [7, 11) is 0. The summed E-state index contributed by atoms with van der Waals surface area (Å²) in [4.78, 5) is 23.2. The molecule has 0 aliphatic heterocycles. The first-order valence-corrected chi connectivity index (χ1v) is 6.28. The van der Waals surface area contributed by atoms with Crippen molar-refractivity contribution < 1.29 is 0 Å². The predicted octanol–water partition coefficient (Wildman–Crippen LogP) is 2.09. The summed E-state index contributed by atoms with van der Waals surface area (Å²) in [6, 6.07) is 2.09. The Hall–Kier alpha value is -1.91. The highest BCUT2D eigenvalue weighted by molar-refractivity contribution is 5.49. The van der Waals surface area contributed by atoms with Gasteiger partial charge in [0.2, 0.25) is 0 Å². The monoisotopic (exact) mass is 244 g/mol. The Morgan fingerprint density at radius 1 is 1.44 bits per heavy atom. The van der Waals surface area contributed by atoms with Gasteiger partial charge in [0.05, 0.1) is 18.2 Å². The normalized spacial score (nSPS) is 15.3. The Balaban J connectivity index is 2.10. The van der Waals surface area contributed by atoms with E-state index in [0.717, 1.165) is 11.4 Å². The lowest BCUT2D eigenvalue weighted by atomic mass is 10.1. The van der Waals surface area contributed by atoms with Crippen molar-refractivity contribution in [3.8, 4) is 11.5 Å². The van der Waals surface area contributed by atoms with Crippen LogP contribution in [0, 0.1) is 0 Å². The number of hydrogen-bond acceptors (Lipinski definition) is 3. The van der Waals surface area contributed by atoms with Gasteiger partial charge in [-0.1, -0.05) is 13.8 Å². The lowest BCUT2D eigenvalue weighted by Gasteiger charge is -2.08. The minimum absolute atomic E-state index is 0.104. The number of rotatable bonds is 3. The molecule has 1 aliphatic carbocycles. The lowest BCUT2D eigenvalue weighted by molar-refractivity contribution is 0.738. The zero-order valence-electron chi connectivity index (χ0n) is 10.6. The van der Waals surface area contributed by atoms with E-state index in [0.29, 0.717) is 11.9 Å². The Morgan fingerprint density at radius 2 is 2.22 bits per heavy atom. The van der Waals surface area contributed by atoms with Crippen molar-refractivity contribution in [2.75, 3.05) is 0 Å². The molecule has 3 rings (SSSR count). The Morgan fingerprint density at radius 3 is 2.89 bits per heavy atom. The molecule has 1 fully saturated rings. The van der Waals surface area contributed by atoms with Crippen LogP contribution in [0.25, 0.3) is 11.5 Å². The summed E-state index contributed by atoms with van der Waals surface area (Å²) in [6.45, 7) is 4.06. The molecule has 1 aliphatic rings. The highest BCUT2D eigenvalue weighted by Crippen LogP contribution is 2.37. The van der Waals surface area contributed by atoms with Gasteiger partial charge in [0.1, 0.15) is 5.69 Å². The van der Waals surface area contributed by atoms with E-state index in [1.54, 1.807) is 12.3 Å². The topological polar surface area (TPSA) is 63.6 Å². The molecule has 0 unspecified atom stereocenters. The fourth-order valence-electron chi connectivity index (χ4n) is 2.03. The summed E-state index contributed by atoms with van der Waals surface area (Å²) in [5.41, 5.74) is 1.61. The summed E-state index contributed by atoms with van der Waals surface area (Å²) in [6.07, 6.45) is 5.94. The number of nitrogens with zero attached hydrogens (tertiary/aromatic N) is 3. The van der Waals surface area contributed by atoms with E-state index in [1.807, 2.05) is 20.2 Å². The molecule has 2 aromatic rings. The van der Waals surface area contributed by atoms with Gasteiger partial charge < -0.3 is 9.55 Å². The van der Waals surface area contributed by atoms with Gasteiger partial charge in [-0.05, 0) is 18.8 Å². The van der Waals surface area contributed by atoms with Gasteiger partial charge in [0.25, 0.3) is 5.56 Å². The first-order chi connectivity index (χ1) is 8.65. The second kappa shape index (κ2) is 4.08. The Bertz CT molecular complexity index is 622. The highest BCUT2D eigenvalue weighted by atomic mass is 16.1. The van der Waals surface area contributed by atoms with Gasteiger partial charge in [-0.25, -0.2) is 9.97 Å². The second-order valence-corrected chi connectivity index (χ2v) is 5.09. The van der Waals surface area contributed by atoms with Crippen molar-refractivity contribution >= 4 is 0 Å². The average molecular weight is 244 g/mol. The number of aromatic amines is 1. The first-order valence-electron chi connectivity index (χ1n) is 6.28. The van der Waals surface area contributed by atoms with Gasteiger partial charge in [0, 0.05) is 12.1 Å². The SMILES string of the molecule is CC(C)c1cc(=O)[nH]c(-c2cncn2C2CC2)n1. The molecule has 0 amide bonds. The average Bonchev–Trinajstić information content (AvgIpc) is 3.06. The third kappa shape index (κ3) is 1.96. The fraction of sp³-hybridized carbons (Fsp3) is 0.462. The Labute approximate surface area is 105 Å². The van der Waals surface area contributed by atoms with Crippen LogP contribution in [-0.2, 0) is 0 Å². The van der Waals surface area contributed by atoms with Crippen LogP contribution in [0.3, 0.4) is 0 Å². The number of imidazole rings is 1. The minimum Gasteiger partial charge on any atom is -0.325 e. The van der Waals surface area contributed by atoms with E-state index >= 15 is 0 Å². The quantitative estimate of drug-likeness (QED) is 0.899. The van der Waals surface area contributed by atoms with Crippen molar-refractivity contribution in [2.45, 2.75) is 38.6 Å². The van der Waals surface area contributed by atoms with Crippen LogP contribution in [0.4, 0.5) is 0 Å². The lowest BCUT2D eigenvalue weighted by Crippen LogP contribution is -2.12. The molecule has 0 saturated heterocycles. The van der Waals surface area contributed by atoms with Gasteiger partial charge in [0.15, 0.2) is 5.82 Å². The van der Waals surface area contributed by atoms with Gasteiger partial charge in [-0.3, -0.25) is 4.79 Å². The van der Waals surface area contributed by atoms with Gasteiger partial charge in [-0.2, -0.15) is 0 Å². The minimum atomic E-state index is -0.104. The van der Waals surface area contributed by atoms with Crippen molar-refractivity contribution in [2.24, 2.45) is 0 Å². The van der Waals surface area contributed by atoms with Crippen molar-refractivity contribution in [1.29, 1.82) is 0 Å². The van der Waals surface area contributed by atoms with Gasteiger partial charge in [-0.15, -0.1) is 0 Å². The molecule has 0 bridgehead atoms. The van der Waals surface area contributed by atoms with Crippen molar-refractivity contribution in [3.05, 3.63) is 34.6 Å². The van der Waals surface area contributed by atoms with Crippen LogP contribution in [-0.4, -0.2) is 19.5 Å². The highest BCUT2D eigenvalue weighted by Gasteiger charge is 2.26.